The zero-order valence-corrected chi connectivity index (χ0v) is 23.0. The van der Waals surface area contributed by atoms with E-state index in [1.807, 2.05) is 42.3 Å². The molecule has 11 nitrogen and oxygen atoms in total. The van der Waals surface area contributed by atoms with Crippen LogP contribution in [0.15, 0.2) is 36.4 Å². The largest absolute Gasteiger partial charge is 0.492 e. The molecule has 0 bridgehead atoms. The number of aryl methyl sites for hydroxylation is 1. The lowest BCUT2D eigenvalue weighted by atomic mass is 10.00. The van der Waals surface area contributed by atoms with E-state index < -0.39 is 0 Å². The first kappa shape index (κ1) is 26.5. The van der Waals surface area contributed by atoms with E-state index in [4.69, 9.17) is 9.47 Å². The molecule has 0 unspecified atom stereocenters. The van der Waals surface area contributed by atoms with Crippen molar-refractivity contribution in [2.24, 2.45) is 0 Å². The SMILES string of the molecule is Cc1cc(OCCN2CCOCC2)ccc1-c1[nH]nc2c1C(=O)c1c(NC(=O)NN3CCN(C)CC3)cccc1-2. The number of fused-ring (bicyclic) bond motifs is 3. The molecular weight excluding hydrogens is 510 g/mol. The number of carbonyl (C=O) groups is 2. The number of aromatic nitrogens is 2. The lowest BCUT2D eigenvalue weighted by Crippen LogP contribution is -2.53. The van der Waals surface area contributed by atoms with Gasteiger partial charge in [-0.1, -0.05) is 12.1 Å². The molecule has 3 aromatic rings. The van der Waals surface area contributed by atoms with E-state index in [0.717, 1.165) is 75.9 Å². The van der Waals surface area contributed by atoms with Crippen molar-refractivity contribution in [3.8, 4) is 28.3 Å². The maximum absolute atomic E-state index is 13.8. The Labute approximate surface area is 233 Å². The summed E-state index contributed by atoms with van der Waals surface area (Å²) in [6.45, 7) is 10.1. The van der Waals surface area contributed by atoms with Gasteiger partial charge >= 0.3 is 6.03 Å². The number of carbonyl (C=O) groups excluding carboxylic acids is 2. The number of nitrogens with zero attached hydrogens (tertiary/aromatic N) is 4. The number of H-pyrrole nitrogens is 1. The molecule has 3 heterocycles. The van der Waals surface area contributed by atoms with Gasteiger partial charge < -0.3 is 19.7 Å². The lowest BCUT2D eigenvalue weighted by molar-refractivity contribution is 0.0322. The maximum Gasteiger partial charge on any atom is 0.333 e. The third kappa shape index (κ3) is 5.33. The summed E-state index contributed by atoms with van der Waals surface area (Å²) in [7, 11) is 2.06. The van der Waals surface area contributed by atoms with Crippen LogP contribution >= 0.6 is 0 Å². The molecule has 1 aliphatic carbocycles. The van der Waals surface area contributed by atoms with Gasteiger partial charge in [0.15, 0.2) is 5.78 Å². The molecule has 40 heavy (non-hydrogen) atoms. The van der Waals surface area contributed by atoms with Crippen molar-refractivity contribution in [2.75, 3.05) is 78.0 Å². The number of hydrogen-bond acceptors (Lipinski definition) is 8. The van der Waals surface area contributed by atoms with Gasteiger partial charge in [0.2, 0.25) is 0 Å². The Morgan fingerprint density at radius 2 is 1.85 bits per heavy atom. The summed E-state index contributed by atoms with van der Waals surface area (Å²) in [5.41, 5.74) is 8.19. The Morgan fingerprint density at radius 3 is 2.62 bits per heavy atom. The maximum atomic E-state index is 13.8. The van der Waals surface area contributed by atoms with E-state index in [1.165, 1.54) is 0 Å². The summed E-state index contributed by atoms with van der Waals surface area (Å²) in [6, 6.07) is 11.0. The average molecular weight is 546 g/mol. The minimum atomic E-state index is -0.364. The Hall–Kier alpha value is -3.77. The molecule has 6 rings (SSSR count). The highest BCUT2D eigenvalue weighted by atomic mass is 16.5. The summed E-state index contributed by atoms with van der Waals surface area (Å²) in [6.07, 6.45) is 0. The molecule has 2 saturated heterocycles. The Bertz CT molecular complexity index is 1410. The van der Waals surface area contributed by atoms with E-state index in [9.17, 15) is 9.59 Å². The summed E-state index contributed by atoms with van der Waals surface area (Å²) in [5, 5.41) is 12.4. The first-order valence-corrected chi connectivity index (χ1v) is 13.8. The number of piperazine rings is 1. The fourth-order valence-corrected chi connectivity index (χ4v) is 5.51. The Balaban J connectivity index is 1.16. The second kappa shape index (κ2) is 11.4. The fraction of sp³-hybridized carbons (Fsp3) is 0.414. The highest BCUT2D eigenvalue weighted by molar-refractivity contribution is 6.27. The lowest BCUT2D eigenvalue weighted by Gasteiger charge is -2.32. The number of anilines is 1. The van der Waals surface area contributed by atoms with Crippen molar-refractivity contribution in [3.05, 3.63) is 53.1 Å². The second-order valence-corrected chi connectivity index (χ2v) is 10.5. The fourth-order valence-electron chi connectivity index (χ4n) is 5.51. The smallest absolute Gasteiger partial charge is 0.333 e. The van der Waals surface area contributed by atoms with Crippen LogP contribution in [0.25, 0.3) is 22.5 Å². The van der Waals surface area contributed by atoms with Gasteiger partial charge in [-0.3, -0.25) is 20.2 Å². The van der Waals surface area contributed by atoms with Crippen molar-refractivity contribution in [3.63, 3.8) is 0 Å². The van der Waals surface area contributed by atoms with Crippen molar-refractivity contribution in [1.82, 2.24) is 30.4 Å². The van der Waals surface area contributed by atoms with Crippen molar-refractivity contribution in [2.45, 2.75) is 6.92 Å². The van der Waals surface area contributed by atoms with Gasteiger partial charge in [-0.05, 0) is 43.8 Å². The zero-order chi connectivity index (χ0) is 27.6. The molecule has 11 heteroatoms. The molecule has 0 saturated carbocycles. The van der Waals surface area contributed by atoms with Gasteiger partial charge in [-0.15, -0.1) is 0 Å². The van der Waals surface area contributed by atoms with Crippen LogP contribution in [0.5, 0.6) is 5.75 Å². The Kier molecular flexibility index (Phi) is 7.53. The number of morpholine rings is 1. The molecule has 0 atom stereocenters. The van der Waals surface area contributed by atoms with Crippen LogP contribution in [0.3, 0.4) is 0 Å². The number of hydrazine groups is 1. The van der Waals surface area contributed by atoms with Gasteiger partial charge in [0.25, 0.3) is 0 Å². The number of nitrogens with one attached hydrogen (secondary N) is 3. The highest BCUT2D eigenvalue weighted by Gasteiger charge is 2.35. The van der Waals surface area contributed by atoms with Crippen molar-refractivity contribution < 1.29 is 19.1 Å². The third-order valence-electron chi connectivity index (χ3n) is 7.80. The number of likely N-dealkylation sites (N-methyl/N-ethyl adjacent to an activating group) is 1. The quantitative estimate of drug-likeness (QED) is 0.325. The molecule has 210 valence electrons. The van der Waals surface area contributed by atoms with E-state index in [-0.39, 0.29) is 11.8 Å². The number of amides is 2. The predicted octanol–water partition coefficient (Wildman–Crippen LogP) is 2.59. The molecule has 2 aliphatic heterocycles. The molecule has 0 radical (unpaired) electrons. The van der Waals surface area contributed by atoms with Crippen LogP contribution in [0.1, 0.15) is 21.5 Å². The molecular formula is C29H35N7O4. The predicted molar refractivity (Wildman–Crippen MR) is 152 cm³/mol. The minimum Gasteiger partial charge on any atom is -0.492 e. The standard InChI is InChI=1S/C29H35N7O4/c1-19-18-20(40-17-14-35-12-15-39-16-13-35)6-7-21(19)26-25-27(32-31-26)22-4-3-5-23(24(22)28(25)37)30-29(38)33-36-10-8-34(2)9-11-36/h3-7,18H,8-17H2,1-2H3,(H,31,32)(H2,30,33,38). The molecule has 3 N–H and O–H groups in total. The summed E-state index contributed by atoms with van der Waals surface area (Å²) in [4.78, 5) is 31.1. The average Bonchev–Trinajstić information content (AvgIpc) is 3.51. The second-order valence-electron chi connectivity index (χ2n) is 10.5. The van der Waals surface area contributed by atoms with Crippen LogP contribution in [-0.4, -0.2) is 110 Å². The number of rotatable bonds is 7. The van der Waals surface area contributed by atoms with Crippen LogP contribution in [0.4, 0.5) is 10.5 Å². The Morgan fingerprint density at radius 1 is 1.05 bits per heavy atom. The van der Waals surface area contributed by atoms with E-state index >= 15 is 0 Å². The van der Waals surface area contributed by atoms with Crippen LogP contribution in [-0.2, 0) is 4.74 Å². The number of hydrogen-bond donors (Lipinski definition) is 3. The normalized spacial score (nSPS) is 17.9. The summed E-state index contributed by atoms with van der Waals surface area (Å²) < 4.78 is 11.4. The number of ether oxygens (including phenoxy) is 2. The number of urea groups is 1. The van der Waals surface area contributed by atoms with Crippen molar-refractivity contribution >= 4 is 17.5 Å². The first-order valence-electron chi connectivity index (χ1n) is 13.8. The molecule has 2 aromatic carbocycles. The summed E-state index contributed by atoms with van der Waals surface area (Å²) in [5.74, 6) is 0.632. The molecule has 2 fully saturated rings. The van der Waals surface area contributed by atoms with Crippen LogP contribution in [0, 0.1) is 6.92 Å². The molecule has 1 aromatic heterocycles. The number of ketones is 1. The summed E-state index contributed by atoms with van der Waals surface area (Å²) >= 11 is 0. The number of benzene rings is 2. The minimum absolute atomic E-state index is 0.158. The van der Waals surface area contributed by atoms with E-state index in [0.29, 0.717) is 40.4 Å². The molecule has 2 amide bonds. The topological polar surface area (TPSA) is 115 Å². The van der Waals surface area contributed by atoms with Crippen molar-refractivity contribution in [1.29, 1.82) is 0 Å². The monoisotopic (exact) mass is 545 g/mol. The van der Waals surface area contributed by atoms with Crippen LogP contribution in [0.2, 0.25) is 0 Å². The number of aromatic amines is 1. The molecule has 0 spiro atoms. The van der Waals surface area contributed by atoms with E-state index in [2.05, 4.69) is 37.8 Å². The third-order valence-corrected chi connectivity index (χ3v) is 7.80. The molecule has 3 aliphatic rings. The van der Waals surface area contributed by atoms with Gasteiger partial charge in [-0.25, -0.2) is 9.80 Å². The highest BCUT2D eigenvalue weighted by Crippen LogP contribution is 2.43. The van der Waals surface area contributed by atoms with E-state index in [1.54, 1.807) is 6.07 Å². The van der Waals surface area contributed by atoms with Gasteiger partial charge in [0.1, 0.15) is 18.1 Å². The van der Waals surface area contributed by atoms with Crippen LogP contribution < -0.4 is 15.5 Å². The van der Waals surface area contributed by atoms with Gasteiger partial charge in [0.05, 0.1) is 35.7 Å². The zero-order valence-electron chi connectivity index (χ0n) is 23.0. The van der Waals surface area contributed by atoms with Gasteiger partial charge in [-0.2, -0.15) is 5.10 Å². The first-order chi connectivity index (χ1) is 19.5. The van der Waals surface area contributed by atoms with Gasteiger partial charge in [0, 0.05) is 56.9 Å².